The molecule has 9 nitrogen and oxygen atoms in total. The zero-order chi connectivity index (χ0) is 16.2. The smallest absolute Gasteiger partial charge is 0.277 e. The van der Waals surface area contributed by atoms with Gasteiger partial charge in [0.1, 0.15) is 12.3 Å². The molecule has 0 saturated carbocycles. The van der Waals surface area contributed by atoms with E-state index < -0.39 is 0 Å². The molecule has 23 heavy (non-hydrogen) atoms. The van der Waals surface area contributed by atoms with Crippen molar-refractivity contribution in [2.24, 2.45) is 0 Å². The number of aryl methyl sites for hydroxylation is 1. The molecule has 2 heterocycles. The van der Waals surface area contributed by atoms with E-state index in [9.17, 15) is 4.79 Å². The van der Waals surface area contributed by atoms with Crippen LogP contribution in [-0.4, -0.2) is 38.2 Å². The predicted molar refractivity (Wildman–Crippen MR) is 79.1 cm³/mol. The fourth-order valence-electron chi connectivity index (χ4n) is 1.93. The maximum absolute atomic E-state index is 12.2. The number of benzene rings is 1. The molecule has 3 aromatic rings. The van der Waals surface area contributed by atoms with Crippen molar-refractivity contribution in [1.82, 2.24) is 25.1 Å². The van der Waals surface area contributed by atoms with Crippen LogP contribution in [0.25, 0.3) is 0 Å². The molecule has 3 rings (SSSR count). The topological polar surface area (TPSA) is 108 Å². The first-order valence-corrected chi connectivity index (χ1v) is 6.79. The Labute approximate surface area is 131 Å². The number of hydrogen-bond donors (Lipinski definition) is 1. The number of methoxy groups -OCH3 is 1. The number of aromatic nitrogens is 5. The highest BCUT2D eigenvalue weighted by Crippen LogP contribution is 2.17. The maximum Gasteiger partial charge on any atom is 0.277 e. The average Bonchev–Trinajstić information content (AvgIpc) is 3.17. The molecular weight excluding hydrogens is 300 g/mol. The third-order valence-corrected chi connectivity index (χ3v) is 2.97. The lowest BCUT2D eigenvalue weighted by molar-refractivity contribution is 0.102. The first-order chi connectivity index (χ1) is 11.1. The molecule has 0 bridgehead atoms. The molecule has 0 spiro atoms. The summed E-state index contributed by atoms with van der Waals surface area (Å²) in [6, 6.07) is 7.04. The average molecular weight is 314 g/mol. The summed E-state index contributed by atoms with van der Waals surface area (Å²) in [6.07, 6.45) is 1.52. The number of nitrogens with zero attached hydrogens (tertiary/aromatic N) is 5. The first kappa shape index (κ1) is 14.7. The summed E-state index contributed by atoms with van der Waals surface area (Å²) in [4.78, 5) is 16.2. The highest BCUT2D eigenvalue weighted by atomic mass is 16.5. The lowest BCUT2D eigenvalue weighted by Gasteiger charge is -2.04. The van der Waals surface area contributed by atoms with Gasteiger partial charge in [-0.2, -0.15) is 4.98 Å². The Hall–Kier alpha value is -3.23. The van der Waals surface area contributed by atoms with Gasteiger partial charge >= 0.3 is 0 Å². The molecule has 0 saturated heterocycles. The quantitative estimate of drug-likeness (QED) is 0.755. The Morgan fingerprint density at radius 2 is 2.30 bits per heavy atom. The number of hydrogen-bond acceptors (Lipinski definition) is 7. The Morgan fingerprint density at radius 3 is 3.04 bits per heavy atom. The molecular formula is C14H14N6O3. The lowest BCUT2D eigenvalue weighted by Crippen LogP contribution is -2.12. The largest absolute Gasteiger partial charge is 0.497 e. The number of carbonyl (C=O) groups is 1. The summed E-state index contributed by atoms with van der Waals surface area (Å²) >= 11 is 0. The van der Waals surface area contributed by atoms with Crippen LogP contribution in [0.3, 0.4) is 0 Å². The summed E-state index contributed by atoms with van der Waals surface area (Å²) in [5.41, 5.74) is 0.797. The van der Waals surface area contributed by atoms with Crippen molar-refractivity contribution in [2.75, 3.05) is 12.4 Å². The van der Waals surface area contributed by atoms with Crippen molar-refractivity contribution in [3.05, 3.63) is 47.9 Å². The van der Waals surface area contributed by atoms with Gasteiger partial charge in [0, 0.05) is 18.7 Å². The van der Waals surface area contributed by atoms with E-state index in [0.29, 0.717) is 23.2 Å². The van der Waals surface area contributed by atoms with Crippen LogP contribution in [-0.2, 0) is 6.54 Å². The number of anilines is 1. The van der Waals surface area contributed by atoms with Crippen LogP contribution in [0.15, 0.2) is 35.0 Å². The number of ether oxygens (including phenoxy) is 1. The van der Waals surface area contributed by atoms with Gasteiger partial charge in [-0.15, -0.1) is 5.10 Å². The Balaban J connectivity index is 1.68. The second kappa shape index (κ2) is 6.26. The van der Waals surface area contributed by atoms with Gasteiger partial charge < -0.3 is 14.6 Å². The number of carbonyl (C=O) groups excluding carboxylic acids is 1. The molecule has 118 valence electrons. The van der Waals surface area contributed by atoms with Crippen molar-refractivity contribution in [1.29, 1.82) is 0 Å². The predicted octanol–water partition coefficient (Wildman–Crippen LogP) is 1.28. The molecule has 0 unspecified atom stereocenters. The van der Waals surface area contributed by atoms with Gasteiger partial charge in [0.15, 0.2) is 11.5 Å². The number of amides is 1. The SMILES string of the molecule is COc1cccc(NC(=O)c2cn(Cc3noc(C)n3)nn2)c1. The molecule has 1 amide bonds. The van der Waals surface area contributed by atoms with Gasteiger partial charge in [0.05, 0.1) is 13.3 Å². The number of rotatable bonds is 5. The fourth-order valence-corrected chi connectivity index (χ4v) is 1.93. The van der Waals surface area contributed by atoms with Gasteiger partial charge in [-0.25, -0.2) is 4.68 Å². The summed E-state index contributed by atoms with van der Waals surface area (Å²) in [7, 11) is 1.56. The van der Waals surface area contributed by atoms with Crippen LogP contribution in [0.2, 0.25) is 0 Å². The van der Waals surface area contributed by atoms with E-state index in [0.717, 1.165) is 0 Å². The van der Waals surface area contributed by atoms with E-state index in [2.05, 4.69) is 25.8 Å². The van der Waals surface area contributed by atoms with Crippen molar-refractivity contribution in [3.8, 4) is 5.75 Å². The zero-order valence-electron chi connectivity index (χ0n) is 12.6. The van der Waals surface area contributed by atoms with Crippen LogP contribution in [0, 0.1) is 6.92 Å². The molecule has 0 atom stereocenters. The van der Waals surface area contributed by atoms with Gasteiger partial charge in [-0.3, -0.25) is 4.79 Å². The molecule has 0 aliphatic heterocycles. The molecule has 0 aliphatic carbocycles. The molecule has 0 fully saturated rings. The lowest BCUT2D eigenvalue weighted by atomic mass is 10.3. The van der Waals surface area contributed by atoms with E-state index in [-0.39, 0.29) is 18.1 Å². The molecule has 2 aromatic heterocycles. The minimum atomic E-state index is -0.367. The summed E-state index contributed by atoms with van der Waals surface area (Å²) in [6.45, 7) is 1.97. The van der Waals surface area contributed by atoms with Crippen molar-refractivity contribution >= 4 is 11.6 Å². The van der Waals surface area contributed by atoms with Gasteiger partial charge in [-0.1, -0.05) is 16.4 Å². The Morgan fingerprint density at radius 1 is 1.43 bits per heavy atom. The van der Waals surface area contributed by atoms with Crippen LogP contribution in [0.4, 0.5) is 5.69 Å². The third kappa shape index (κ3) is 3.51. The van der Waals surface area contributed by atoms with E-state index in [4.69, 9.17) is 9.26 Å². The van der Waals surface area contributed by atoms with Crippen molar-refractivity contribution in [2.45, 2.75) is 13.5 Å². The minimum Gasteiger partial charge on any atom is -0.497 e. The Kier molecular flexibility index (Phi) is 4.00. The van der Waals surface area contributed by atoms with E-state index in [1.165, 1.54) is 10.9 Å². The minimum absolute atomic E-state index is 0.188. The second-order valence-corrected chi connectivity index (χ2v) is 4.72. The normalized spacial score (nSPS) is 10.5. The van der Waals surface area contributed by atoms with Crippen LogP contribution < -0.4 is 10.1 Å². The van der Waals surface area contributed by atoms with Crippen LogP contribution >= 0.6 is 0 Å². The van der Waals surface area contributed by atoms with Crippen molar-refractivity contribution < 1.29 is 14.1 Å². The van der Waals surface area contributed by atoms with Gasteiger partial charge in [0.2, 0.25) is 5.89 Å². The van der Waals surface area contributed by atoms with Gasteiger partial charge in [-0.05, 0) is 12.1 Å². The maximum atomic E-state index is 12.2. The molecule has 9 heteroatoms. The Bertz CT molecular complexity index is 825. The zero-order valence-corrected chi connectivity index (χ0v) is 12.6. The highest BCUT2D eigenvalue weighted by molar-refractivity contribution is 6.02. The van der Waals surface area contributed by atoms with E-state index >= 15 is 0 Å². The van der Waals surface area contributed by atoms with Crippen LogP contribution in [0.1, 0.15) is 22.2 Å². The molecule has 0 aliphatic rings. The molecule has 0 radical (unpaired) electrons. The standard InChI is InChI=1S/C14H14N6O3/c1-9-15-13(18-23-9)8-20-7-12(17-19-20)14(21)16-10-4-3-5-11(6-10)22-2/h3-7H,8H2,1-2H3,(H,16,21). The van der Waals surface area contributed by atoms with E-state index in [1.807, 2.05) is 0 Å². The first-order valence-electron chi connectivity index (χ1n) is 6.79. The van der Waals surface area contributed by atoms with Crippen LogP contribution in [0.5, 0.6) is 5.75 Å². The highest BCUT2D eigenvalue weighted by Gasteiger charge is 2.13. The molecule has 1 aromatic carbocycles. The monoisotopic (exact) mass is 314 g/mol. The summed E-state index contributed by atoms with van der Waals surface area (Å²) < 4.78 is 11.4. The summed E-state index contributed by atoms with van der Waals surface area (Å²) in [5, 5.41) is 14.2. The fraction of sp³-hybridized carbons (Fsp3) is 0.214. The number of nitrogens with one attached hydrogen (secondary N) is 1. The summed E-state index contributed by atoms with van der Waals surface area (Å²) in [5.74, 6) is 1.22. The van der Waals surface area contributed by atoms with Crippen molar-refractivity contribution in [3.63, 3.8) is 0 Å². The third-order valence-electron chi connectivity index (χ3n) is 2.97. The van der Waals surface area contributed by atoms with E-state index in [1.54, 1.807) is 38.3 Å². The second-order valence-electron chi connectivity index (χ2n) is 4.72. The van der Waals surface area contributed by atoms with Gasteiger partial charge in [0.25, 0.3) is 5.91 Å². The molecule has 1 N–H and O–H groups in total.